The van der Waals surface area contributed by atoms with Gasteiger partial charge in [-0.05, 0) is 60.0 Å². The number of nitrogens with one attached hydrogen (secondary N) is 1. The van der Waals surface area contributed by atoms with E-state index in [0.29, 0.717) is 12.1 Å². The van der Waals surface area contributed by atoms with Crippen LogP contribution in [0.3, 0.4) is 0 Å². The van der Waals surface area contributed by atoms with E-state index < -0.39 is 0 Å². The highest BCUT2D eigenvalue weighted by Gasteiger charge is 2.35. The van der Waals surface area contributed by atoms with Gasteiger partial charge in [-0.1, -0.05) is 30.3 Å². The number of methoxy groups -OCH3 is 1. The molecule has 5 nitrogen and oxygen atoms in total. The van der Waals surface area contributed by atoms with Crippen LogP contribution in [0, 0.1) is 0 Å². The van der Waals surface area contributed by atoms with Crippen LogP contribution in [0.2, 0.25) is 0 Å². The summed E-state index contributed by atoms with van der Waals surface area (Å²) in [5.41, 5.74) is 6.35. The van der Waals surface area contributed by atoms with Crippen molar-refractivity contribution in [2.24, 2.45) is 0 Å². The molecule has 0 bridgehead atoms. The fourth-order valence-electron chi connectivity index (χ4n) is 4.66. The second-order valence-electron chi connectivity index (χ2n) is 8.43. The number of anilines is 1. The number of rotatable bonds is 4. The van der Waals surface area contributed by atoms with E-state index in [1.54, 1.807) is 7.11 Å². The molecule has 0 saturated carbocycles. The number of para-hydroxylation sites is 1. The third kappa shape index (κ3) is 3.40. The van der Waals surface area contributed by atoms with Gasteiger partial charge in [0.05, 0.1) is 13.2 Å². The summed E-state index contributed by atoms with van der Waals surface area (Å²) in [5.74, 6) is 0.846. The standard InChI is InChI=1S/C27H27N3O2/c1-29(2)20-12-8-19(9-13-20)27(31)30-17-16-23-22-6-4-5-7-24(22)28-25(23)26(30)18-10-14-21(32-3)15-11-18/h4-15,26,28H,16-17H2,1-3H3/t26-/m0/s1. The third-order valence-electron chi connectivity index (χ3n) is 6.36. The molecule has 1 N–H and O–H groups in total. The minimum atomic E-state index is -0.182. The van der Waals surface area contributed by atoms with Crippen LogP contribution in [0.25, 0.3) is 10.9 Å². The molecule has 0 spiro atoms. The van der Waals surface area contributed by atoms with E-state index in [2.05, 4.69) is 35.3 Å². The number of aromatic amines is 1. The molecule has 1 atom stereocenters. The lowest BCUT2D eigenvalue weighted by atomic mass is 9.91. The molecule has 4 aromatic rings. The highest BCUT2D eigenvalue weighted by molar-refractivity contribution is 5.96. The molecule has 1 aromatic heterocycles. The highest BCUT2D eigenvalue weighted by Crippen LogP contribution is 2.39. The zero-order valence-corrected chi connectivity index (χ0v) is 18.6. The van der Waals surface area contributed by atoms with E-state index in [4.69, 9.17) is 4.74 Å². The fourth-order valence-corrected chi connectivity index (χ4v) is 4.66. The summed E-state index contributed by atoms with van der Waals surface area (Å²) in [5, 5.41) is 1.24. The Kier molecular flexibility index (Phi) is 5.10. The molecule has 2 heterocycles. The Bertz CT molecular complexity index is 1260. The summed E-state index contributed by atoms with van der Waals surface area (Å²) in [4.78, 5) is 21.3. The van der Waals surface area contributed by atoms with Gasteiger partial charge in [-0.25, -0.2) is 0 Å². The van der Waals surface area contributed by atoms with Gasteiger partial charge < -0.3 is 19.5 Å². The van der Waals surface area contributed by atoms with Gasteiger partial charge in [-0.15, -0.1) is 0 Å². The van der Waals surface area contributed by atoms with Gasteiger partial charge in [-0.2, -0.15) is 0 Å². The highest BCUT2D eigenvalue weighted by atomic mass is 16.5. The van der Waals surface area contributed by atoms with Gasteiger partial charge in [-0.3, -0.25) is 4.79 Å². The van der Waals surface area contributed by atoms with Crippen LogP contribution in [0.5, 0.6) is 5.75 Å². The van der Waals surface area contributed by atoms with Crippen LogP contribution in [-0.4, -0.2) is 43.5 Å². The number of hydrogen-bond acceptors (Lipinski definition) is 3. The van der Waals surface area contributed by atoms with Crippen molar-refractivity contribution in [1.29, 1.82) is 0 Å². The van der Waals surface area contributed by atoms with Crippen molar-refractivity contribution < 1.29 is 9.53 Å². The maximum atomic E-state index is 13.7. The van der Waals surface area contributed by atoms with E-state index in [-0.39, 0.29) is 11.9 Å². The largest absolute Gasteiger partial charge is 0.497 e. The van der Waals surface area contributed by atoms with Gasteiger partial charge in [0.2, 0.25) is 0 Å². The summed E-state index contributed by atoms with van der Waals surface area (Å²) in [6.45, 7) is 0.666. The number of carbonyl (C=O) groups is 1. The Morgan fingerprint density at radius 1 is 1.00 bits per heavy atom. The van der Waals surface area contributed by atoms with E-state index >= 15 is 0 Å². The second-order valence-corrected chi connectivity index (χ2v) is 8.43. The van der Waals surface area contributed by atoms with Crippen molar-refractivity contribution in [2.75, 3.05) is 32.6 Å². The predicted octanol–water partition coefficient (Wildman–Crippen LogP) is 5.03. The normalized spacial score (nSPS) is 15.5. The van der Waals surface area contributed by atoms with Crippen LogP contribution < -0.4 is 9.64 Å². The molecule has 1 aliphatic rings. The summed E-state index contributed by atoms with van der Waals surface area (Å²) >= 11 is 0. The summed E-state index contributed by atoms with van der Waals surface area (Å²) < 4.78 is 5.36. The Morgan fingerprint density at radius 2 is 1.72 bits per heavy atom. The van der Waals surface area contributed by atoms with Crippen LogP contribution in [-0.2, 0) is 6.42 Å². The number of ether oxygens (including phenoxy) is 1. The van der Waals surface area contributed by atoms with Crippen molar-refractivity contribution in [3.8, 4) is 5.75 Å². The minimum absolute atomic E-state index is 0.0421. The molecule has 0 saturated heterocycles. The van der Waals surface area contributed by atoms with Gasteiger partial charge in [0.25, 0.3) is 5.91 Å². The van der Waals surface area contributed by atoms with Crippen LogP contribution in [0.15, 0.2) is 72.8 Å². The number of H-pyrrole nitrogens is 1. The number of hydrogen-bond donors (Lipinski definition) is 1. The van der Waals surface area contributed by atoms with Gasteiger partial charge in [0.15, 0.2) is 0 Å². The topological polar surface area (TPSA) is 48.6 Å². The van der Waals surface area contributed by atoms with E-state index in [0.717, 1.165) is 34.6 Å². The Hall–Kier alpha value is -3.73. The van der Waals surface area contributed by atoms with Crippen molar-refractivity contribution in [2.45, 2.75) is 12.5 Å². The summed E-state index contributed by atoms with van der Waals surface area (Å²) in [7, 11) is 5.66. The average molecular weight is 426 g/mol. The number of aromatic nitrogens is 1. The Morgan fingerprint density at radius 3 is 2.41 bits per heavy atom. The summed E-state index contributed by atoms with van der Waals surface area (Å²) in [6.07, 6.45) is 0.827. The van der Waals surface area contributed by atoms with E-state index in [1.807, 2.05) is 66.4 Å². The molecule has 0 radical (unpaired) electrons. The number of nitrogens with zero attached hydrogens (tertiary/aromatic N) is 2. The maximum Gasteiger partial charge on any atom is 0.254 e. The van der Waals surface area contributed by atoms with Crippen molar-refractivity contribution in [1.82, 2.24) is 9.88 Å². The predicted molar refractivity (Wildman–Crippen MR) is 129 cm³/mol. The molecule has 1 amide bonds. The van der Waals surface area contributed by atoms with E-state index in [9.17, 15) is 4.79 Å². The first-order valence-corrected chi connectivity index (χ1v) is 10.9. The Labute approximate surface area is 188 Å². The molecule has 162 valence electrons. The number of fused-ring (bicyclic) bond motifs is 3. The molecule has 32 heavy (non-hydrogen) atoms. The fraction of sp³-hybridized carbons (Fsp3) is 0.222. The number of benzene rings is 3. The summed E-state index contributed by atoms with van der Waals surface area (Å²) in [6, 6.07) is 24.1. The monoisotopic (exact) mass is 425 g/mol. The molecule has 1 aliphatic heterocycles. The third-order valence-corrected chi connectivity index (χ3v) is 6.36. The first-order valence-electron chi connectivity index (χ1n) is 10.9. The smallest absolute Gasteiger partial charge is 0.254 e. The molecule has 0 aliphatic carbocycles. The molecule has 3 aromatic carbocycles. The number of carbonyl (C=O) groups excluding carboxylic acids is 1. The van der Waals surface area contributed by atoms with Crippen LogP contribution in [0.1, 0.15) is 33.2 Å². The molecule has 5 heteroatoms. The molecular formula is C27H27N3O2. The zero-order valence-electron chi connectivity index (χ0n) is 18.6. The first kappa shape index (κ1) is 20.2. The van der Waals surface area contributed by atoms with Gasteiger partial charge in [0, 0.05) is 48.5 Å². The van der Waals surface area contributed by atoms with Crippen molar-refractivity contribution >= 4 is 22.5 Å². The quantitative estimate of drug-likeness (QED) is 0.499. The molecular weight excluding hydrogens is 398 g/mol. The Balaban J connectivity index is 1.60. The molecule has 5 rings (SSSR count). The van der Waals surface area contributed by atoms with Gasteiger partial charge in [0.1, 0.15) is 5.75 Å². The van der Waals surface area contributed by atoms with Gasteiger partial charge >= 0.3 is 0 Å². The van der Waals surface area contributed by atoms with E-state index in [1.165, 1.54) is 10.9 Å². The lowest BCUT2D eigenvalue weighted by Gasteiger charge is -2.36. The average Bonchev–Trinajstić information content (AvgIpc) is 3.22. The maximum absolute atomic E-state index is 13.7. The lowest BCUT2D eigenvalue weighted by Crippen LogP contribution is -2.40. The lowest BCUT2D eigenvalue weighted by molar-refractivity contribution is 0.0692. The SMILES string of the molecule is COc1ccc([C@H]2c3[nH]c4ccccc4c3CCN2C(=O)c2ccc(N(C)C)cc2)cc1. The number of amides is 1. The first-order chi connectivity index (χ1) is 15.6. The van der Waals surface area contributed by atoms with Crippen LogP contribution in [0.4, 0.5) is 5.69 Å². The van der Waals surface area contributed by atoms with Crippen molar-refractivity contribution in [3.05, 3.63) is 95.2 Å². The van der Waals surface area contributed by atoms with Crippen LogP contribution >= 0.6 is 0 Å². The molecule has 0 unspecified atom stereocenters. The second kappa shape index (κ2) is 8.08. The molecule has 0 fully saturated rings. The van der Waals surface area contributed by atoms with Crippen molar-refractivity contribution in [3.63, 3.8) is 0 Å². The zero-order chi connectivity index (χ0) is 22.2. The minimum Gasteiger partial charge on any atom is -0.497 e.